The number of fused-ring (bicyclic) bond motifs is 1. The van der Waals surface area contributed by atoms with Crippen molar-refractivity contribution in [2.75, 3.05) is 5.32 Å². The number of aryl methyl sites for hydroxylation is 1. The SMILES string of the molecule is Cn1ccc(NC(=O)c2n[nH]c3ccccc23)n1. The molecule has 1 aromatic carbocycles. The molecule has 0 saturated carbocycles. The number of hydrogen-bond acceptors (Lipinski definition) is 3. The standard InChI is InChI=1S/C12H11N5O/c1-17-7-6-10(16-17)13-12(18)11-8-4-2-3-5-9(8)14-15-11/h2-7H,1H3,(H,14,15)(H,13,16,18). The molecule has 3 rings (SSSR count). The van der Waals surface area contributed by atoms with Crippen LogP contribution in [0.4, 0.5) is 5.82 Å². The summed E-state index contributed by atoms with van der Waals surface area (Å²) in [5.74, 6) is 0.237. The van der Waals surface area contributed by atoms with Crippen LogP contribution in [0.1, 0.15) is 10.5 Å². The summed E-state index contributed by atoms with van der Waals surface area (Å²) in [6.45, 7) is 0. The average Bonchev–Trinajstić information content (AvgIpc) is 2.95. The number of anilines is 1. The lowest BCUT2D eigenvalue weighted by Crippen LogP contribution is -2.13. The molecule has 0 aliphatic rings. The van der Waals surface area contributed by atoms with Crippen molar-refractivity contribution in [2.24, 2.45) is 7.05 Å². The Bertz CT molecular complexity index is 712. The fraction of sp³-hybridized carbons (Fsp3) is 0.0833. The summed E-state index contributed by atoms with van der Waals surface area (Å²) >= 11 is 0. The van der Waals surface area contributed by atoms with E-state index in [1.165, 1.54) is 0 Å². The summed E-state index contributed by atoms with van der Waals surface area (Å²) in [7, 11) is 1.79. The zero-order chi connectivity index (χ0) is 12.5. The molecule has 6 nitrogen and oxygen atoms in total. The van der Waals surface area contributed by atoms with Crippen molar-refractivity contribution in [3.8, 4) is 0 Å². The predicted octanol–water partition coefficient (Wildman–Crippen LogP) is 1.55. The van der Waals surface area contributed by atoms with E-state index in [1.54, 1.807) is 24.0 Å². The summed E-state index contributed by atoms with van der Waals surface area (Å²) in [4.78, 5) is 12.1. The van der Waals surface area contributed by atoms with Crippen LogP contribution in [-0.2, 0) is 7.05 Å². The number of hydrogen-bond donors (Lipinski definition) is 2. The number of benzene rings is 1. The highest BCUT2D eigenvalue weighted by molar-refractivity contribution is 6.10. The molecule has 2 heterocycles. The number of H-pyrrole nitrogens is 1. The van der Waals surface area contributed by atoms with Crippen molar-refractivity contribution in [3.63, 3.8) is 0 Å². The molecule has 0 saturated heterocycles. The van der Waals surface area contributed by atoms with Crippen LogP contribution in [-0.4, -0.2) is 25.9 Å². The number of amides is 1. The van der Waals surface area contributed by atoms with E-state index in [4.69, 9.17) is 0 Å². The van der Waals surface area contributed by atoms with Gasteiger partial charge >= 0.3 is 0 Å². The van der Waals surface area contributed by atoms with E-state index in [9.17, 15) is 4.79 Å². The summed E-state index contributed by atoms with van der Waals surface area (Å²) in [6, 6.07) is 9.22. The number of rotatable bonds is 2. The minimum atomic E-state index is -0.272. The van der Waals surface area contributed by atoms with E-state index >= 15 is 0 Å². The lowest BCUT2D eigenvalue weighted by Gasteiger charge is -1.98. The third-order valence-corrected chi connectivity index (χ3v) is 2.64. The third-order valence-electron chi connectivity index (χ3n) is 2.64. The molecule has 90 valence electrons. The molecule has 18 heavy (non-hydrogen) atoms. The van der Waals surface area contributed by atoms with Crippen molar-refractivity contribution < 1.29 is 4.79 Å². The second-order valence-electron chi connectivity index (χ2n) is 3.95. The first kappa shape index (κ1) is 10.5. The van der Waals surface area contributed by atoms with Gasteiger partial charge in [0.25, 0.3) is 5.91 Å². The van der Waals surface area contributed by atoms with Crippen LogP contribution in [0.15, 0.2) is 36.5 Å². The van der Waals surface area contributed by atoms with E-state index in [0.717, 1.165) is 10.9 Å². The molecule has 1 amide bonds. The highest BCUT2D eigenvalue weighted by Crippen LogP contribution is 2.16. The van der Waals surface area contributed by atoms with E-state index in [2.05, 4.69) is 20.6 Å². The zero-order valence-electron chi connectivity index (χ0n) is 9.71. The molecule has 6 heteroatoms. The van der Waals surface area contributed by atoms with Crippen molar-refractivity contribution in [2.45, 2.75) is 0 Å². The van der Waals surface area contributed by atoms with Gasteiger partial charge in [-0.2, -0.15) is 10.2 Å². The van der Waals surface area contributed by atoms with Crippen LogP contribution in [0.25, 0.3) is 10.9 Å². The molecule has 2 N–H and O–H groups in total. The Morgan fingerprint density at radius 1 is 1.33 bits per heavy atom. The second kappa shape index (κ2) is 3.99. The Kier molecular flexibility index (Phi) is 2.33. The first-order valence-electron chi connectivity index (χ1n) is 5.48. The van der Waals surface area contributed by atoms with Crippen LogP contribution in [0, 0.1) is 0 Å². The van der Waals surface area contributed by atoms with Crippen LogP contribution in [0.3, 0.4) is 0 Å². The third kappa shape index (κ3) is 1.73. The Balaban J connectivity index is 1.92. The molecule has 0 unspecified atom stereocenters. The van der Waals surface area contributed by atoms with Crippen LogP contribution in [0.5, 0.6) is 0 Å². The molecule has 0 atom stereocenters. The minimum Gasteiger partial charge on any atom is -0.304 e. The van der Waals surface area contributed by atoms with E-state index in [1.807, 2.05) is 24.3 Å². The van der Waals surface area contributed by atoms with Gasteiger partial charge in [-0.15, -0.1) is 0 Å². The van der Waals surface area contributed by atoms with E-state index in [-0.39, 0.29) is 5.91 Å². The lowest BCUT2D eigenvalue weighted by molar-refractivity contribution is 0.102. The summed E-state index contributed by atoms with van der Waals surface area (Å²) in [5, 5.41) is 14.4. The maximum absolute atomic E-state index is 12.1. The van der Waals surface area contributed by atoms with Crippen molar-refractivity contribution in [1.82, 2.24) is 20.0 Å². The van der Waals surface area contributed by atoms with Crippen molar-refractivity contribution in [3.05, 3.63) is 42.2 Å². The fourth-order valence-electron chi connectivity index (χ4n) is 1.79. The maximum Gasteiger partial charge on any atom is 0.277 e. The number of aromatic nitrogens is 4. The lowest BCUT2D eigenvalue weighted by atomic mass is 10.2. The first-order valence-corrected chi connectivity index (χ1v) is 5.48. The van der Waals surface area contributed by atoms with Gasteiger partial charge in [-0.3, -0.25) is 14.6 Å². The van der Waals surface area contributed by atoms with Crippen LogP contribution < -0.4 is 5.32 Å². The topological polar surface area (TPSA) is 75.6 Å². The molecule has 2 aromatic heterocycles. The van der Waals surface area contributed by atoms with E-state index in [0.29, 0.717) is 11.5 Å². The fourth-order valence-corrected chi connectivity index (χ4v) is 1.79. The monoisotopic (exact) mass is 241 g/mol. The summed E-state index contributed by atoms with van der Waals surface area (Å²) in [6.07, 6.45) is 1.76. The van der Waals surface area contributed by atoms with Gasteiger partial charge in [-0.25, -0.2) is 0 Å². The molecular weight excluding hydrogens is 230 g/mol. The summed E-state index contributed by atoms with van der Waals surface area (Å²) in [5.41, 5.74) is 1.21. The number of nitrogens with one attached hydrogen (secondary N) is 2. The number of para-hydroxylation sites is 1. The van der Waals surface area contributed by atoms with Gasteiger partial charge < -0.3 is 5.32 Å². The average molecular weight is 241 g/mol. The Labute approximate surface area is 103 Å². The molecular formula is C12H11N5O. The highest BCUT2D eigenvalue weighted by atomic mass is 16.2. The Hall–Kier alpha value is -2.63. The molecule has 0 fully saturated rings. The second-order valence-corrected chi connectivity index (χ2v) is 3.95. The largest absolute Gasteiger partial charge is 0.304 e. The molecule has 0 radical (unpaired) electrons. The molecule has 0 spiro atoms. The quantitative estimate of drug-likeness (QED) is 0.714. The van der Waals surface area contributed by atoms with Gasteiger partial charge in [0.1, 0.15) is 0 Å². The van der Waals surface area contributed by atoms with Gasteiger partial charge in [0.05, 0.1) is 5.52 Å². The number of aromatic amines is 1. The predicted molar refractivity (Wildman–Crippen MR) is 67.3 cm³/mol. The van der Waals surface area contributed by atoms with Gasteiger partial charge in [0.2, 0.25) is 0 Å². The molecule has 0 aliphatic carbocycles. The normalized spacial score (nSPS) is 10.7. The van der Waals surface area contributed by atoms with E-state index < -0.39 is 0 Å². The number of carbonyl (C=O) groups is 1. The highest BCUT2D eigenvalue weighted by Gasteiger charge is 2.14. The number of carbonyl (C=O) groups excluding carboxylic acids is 1. The van der Waals surface area contributed by atoms with Gasteiger partial charge in [-0.1, -0.05) is 18.2 Å². The maximum atomic E-state index is 12.1. The molecule has 3 aromatic rings. The molecule has 0 bridgehead atoms. The number of nitrogens with zero attached hydrogens (tertiary/aromatic N) is 3. The van der Waals surface area contributed by atoms with Gasteiger partial charge in [-0.05, 0) is 6.07 Å². The van der Waals surface area contributed by atoms with Crippen LogP contribution >= 0.6 is 0 Å². The Morgan fingerprint density at radius 3 is 2.94 bits per heavy atom. The van der Waals surface area contributed by atoms with Gasteiger partial charge in [0, 0.05) is 24.7 Å². The minimum absolute atomic E-state index is 0.272. The smallest absolute Gasteiger partial charge is 0.277 e. The Morgan fingerprint density at radius 2 is 2.17 bits per heavy atom. The van der Waals surface area contributed by atoms with Crippen LogP contribution in [0.2, 0.25) is 0 Å². The van der Waals surface area contributed by atoms with Gasteiger partial charge in [0.15, 0.2) is 11.5 Å². The van der Waals surface area contributed by atoms with Crippen molar-refractivity contribution in [1.29, 1.82) is 0 Å². The first-order chi connectivity index (χ1) is 8.74. The van der Waals surface area contributed by atoms with Crippen molar-refractivity contribution >= 4 is 22.6 Å². The summed E-state index contributed by atoms with van der Waals surface area (Å²) < 4.78 is 1.62. The zero-order valence-corrected chi connectivity index (χ0v) is 9.71. The molecule has 0 aliphatic heterocycles.